The maximum absolute atomic E-state index is 15.0. The second-order valence-corrected chi connectivity index (χ2v) is 12.9. The lowest BCUT2D eigenvalue weighted by atomic mass is 9.87. The Hall–Kier alpha value is -3.93. The minimum atomic E-state index is -3.90. The molecule has 4 aromatic rings. The van der Waals surface area contributed by atoms with Crippen molar-refractivity contribution in [1.82, 2.24) is 15.2 Å². The fourth-order valence-corrected chi connectivity index (χ4v) is 5.91. The number of H-pyrrole nitrogens is 1. The molecule has 0 atom stereocenters. The van der Waals surface area contributed by atoms with Crippen LogP contribution in [0, 0.1) is 5.82 Å². The van der Waals surface area contributed by atoms with Crippen LogP contribution in [0.25, 0.3) is 22.0 Å². The van der Waals surface area contributed by atoms with E-state index in [-0.39, 0.29) is 27.4 Å². The van der Waals surface area contributed by atoms with Crippen molar-refractivity contribution < 1.29 is 27.1 Å². The predicted octanol–water partition coefficient (Wildman–Crippen LogP) is 5.49. The summed E-state index contributed by atoms with van der Waals surface area (Å²) in [6.07, 6.45) is -0.688. The molecule has 0 bridgehead atoms. The third-order valence-electron chi connectivity index (χ3n) is 7.19. The van der Waals surface area contributed by atoms with Crippen LogP contribution in [0.3, 0.4) is 0 Å². The standard InChI is InChI=1S/C31H35FN4O5S/c1-31(2,3)21-8-11-23(12-9-21)42(38,39)35-22-10-13-27-25(20-22)28(24-6-4-5-7-26(24)32)29(34-27)41-30(37)33-14-15-36-16-18-40-19-17-36/h4-13,20,34-35H,14-19H2,1-3H3,(H,33,37). The number of hydrogen-bond donors (Lipinski definition) is 3. The molecule has 1 saturated heterocycles. The molecule has 42 heavy (non-hydrogen) atoms. The average Bonchev–Trinajstić information content (AvgIpc) is 3.30. The van der Waals surface area contributed by atoms with Gasteiger partial charge >= 0.3 is 6.09 Å². The van der Waals surface area contributed by atoms with E-state index >= 15 is 4.39 Å². The highest BCUT2D eigenvalue weighted by Crippen LogP contribution is 2.40. The van der Waals surface area contributed by atoms with E-state index in [2.05, 4.69) is 40.7 Å². The molecule has 3 N–H and O–H groups in total. The first-order valence-corrected chi connectivity index (χ1v) is 15.3. The van der Waals surface area contributed by atoms with Gasteiger partial charge < -0.3 is 19.8 Å². The molecule has 2 heterocycles. The van der Waals surface area contributed by atoms with E-state index in [0.717, 1.165) is 18.7 Å². The molecule has 0 aliphatic carbocycles. The monoisotopic (exact) mass is 594 g/mol. The van der Waals surface area contributed by atoms with Gasteiger partial charge in [-0.1, -0.05) is 51.1 Å². The minimum Gasteiger partial charge on any atom is -0.393 e. The van der Waals surface area contributed by atoms with Crippen molar-refractivity contribution >= 4 is 32.7 Å². The van der Waals surface area contributed by atoms with Crippen LogP contribution in [0.4, 0.5) is 14.9 Å². The van der Waals surface area contributed by atoms with Gasteiger partial charge in [0.05, 0.1) is 23.7 Å². The van der Waals surface area contributed by atoms with E-state index < -0.39 is 21.9 Å². The summed E-state index contributed by atoms with van der Waals surface area (Å²) in [5, 5.41) is 3.23. The van der Waals surface area contributed by atoms with Gasteiger partial charge in [0, 0.05) is 48.3 Å². The highest BCUT2D eigenvalue weighted by molar-refractivity contribution is 7.92. The molecule has 0 radical (unpaired) electrons. The number of ether oxygens (including phenoxy) is 2. The van der Waals surface area contributed by atoms with Gasteiger partial charge in [0.1, 0.15) is 5.82 Å². The van der Waals surface area contributed by atoms with Crippen molar-refractivity contribution in [2.24, 2.45) is 0 Å². The largest absolute Gasteiger partial charge is 0.413 e. The van der Waals surface area contributed by atoms with Crippen molar-refractivity contribution in [3.8, 4) is 17.0 Å². The van der Waals surface area contributed by atoms with E-state index in [1.165, 1.54) is 6.07 Å². The summed E-state index contributed by atoms with van der Waals surface area (Å²) in [5.41, 5.74) is 2.24. The van der Waals surface area contributed by atoms with Crippen molar-refractivity contribution in [2.75, 3.05) is 44.1 Å². The fraction of sp³-hybridized carbons (Fsp3) is 0.323. The van der Waals surface area contributed by atoms with Crippen LogP contribution in [0.5, 0.6) is 5.88 Å². The number of hydrogen-bond acceptors (Lipinski definition) is 6. The summed E-state index contributed by atoms with van der Waals surface area (Å²) in [5.74, 6) is -0.461. The summed E-state index contributed by atoms with van der Waals surface area (Å²) in [6, 6.07) is 17.7. The molecule has 1 fully saturated rings. The van der Waals surface area contributed by atoms with Gasteiger partial charge in [0.25, 0.3) is 10.0 Å². The number of halogens is 1. The van der Waals surface area contributed by atoms with E-state index in [1.807, 2.05) is 0 Å². The number of morpholine rings is 1. The van der Waals surface area contributed by atoms with Crippen molar-refractivity contribution in [3.63, 3.8) is 0 Å². The number of anilines is 1. The molecule has 0 saturated carbocycles. The number of carbonyl (C=O) groups is 1. The molecular formula is C31H35FN4O5S. The molecule has 3 aromatic carbocycles. The number of carbonyl (C=O) groups excluding carboxylic acids is 1. The van der Waals surface area contributed by atoms with Crippen LogP contribution in [0.2, 0.25) is 0 Å². The molecule has 1 amide bonds. The Morgan fingerprint density at radius 3 is 2.45 bits per heavy atom. The lowest BCUT2D eigenvalue weighted by molar-refractivity contribution is 0.0385. The minimum absolute atomic E-state index is 0.0525. The van der Waals surface area contributed by atoms with E-state index in [1.54, 1.807) is 60.7 Å². The Bertz CT molecular complexity index is 1670. The quantitative estimate of drug-likeness (QED) is 0.249. The van der Waals surface area contributed by atoms with E-state index in [9.17, 15) is 13.2 Å². The SMILES string of the molecule is CC(C)(C)c1ccc(S(=O)(=O)Nc2ccc3[nH]c(OC(=O)NCCN4CCOCC4)c(-c4ccccc4F)c3c2)cc1. The topological polar surface area (TPSA) is 113 Å². The zero-order valence-corrected chi connectivity index (χ0v) is 24.7. The van der Waals surface area contributed by atoms with Crippen LogP contribution < -0.4 is 14.8 Å². The fourth-order valence-electron chi connectivity index (χ4n) is 4.86. The average molecular weight is 595 g/mol. The third kappa shape index (κ3) is 6.75. The van der Waals surface area contributed by atoms with Crippen LogP contribution >= 0.6 is 0 Å². The van der Waals surface area contributed by atoms with Gasteiger partial charge in [0.15, 0.2) is 0 Å². The van der Waals surface area contributed by atoms with Gasteiger partial charge in [-0.3, -0.25) is 9.62 Å². The molecule has 11 heteroatoms. The number of fused-ring (bicyclic) bond motifs is 1. The van der Waals surface area contributed by atoms with Crippen molar-refractivity contribution in [3.05, 3.63) is 78.1 Å². The molecule has 5 rings (SSSR count). The summed E-state index contributed by atoms with van der Waals surface area (Å²) in [6.45, 7) is 10.1. The first-order chi connectivity index (χ1) is 20.0. The molecule has 1 aliphatic rings. The number of benzene rings is 3. The van der Waals surface area contributed by atoms with Crippen LogP contribution in [0.15, 0.2) is 71.6 Å². The van der Waals surface area contributed by atoms with E-state index in [4.69, 9.17) is 9.47 Å². The van der Waals surface area contributed by atoms with Gasteiger partial charge in [-0.25, -0.2) is 17.6 Å². The Morgan fingerprint density at radius 2 is 1.76 bits per heavy atom. The number of nitrogens with zero attached hydrogens (tertiary/aromatic N) is 1. The summed E-state index contributed by atoms with van der Waals surface area (Å²) >= 11 is 0. The maximum Gasteiger partial charge on any atom is 0.413 e. The Morgan fingerprint density at radius 1 is 1.05 bits per heavy atom. The number of sulfonamides is 1. The smallest absolute Gasteiger partial charge is 0.393 e. The first-order valence-electron chi connectivity index (χ1n) is 13.8. The molecule has 9 nitrogen and oxygen atoms in total. The zero-order chi connectivity index (χ0) is 29.9. The van der Waals surface area contributed by atoms with Crippen LogP contribution in [-0.4, -0.2) is 63.8 Å². The van der Waals surface area contributed by atoms with Crippen LogP contribution in [0.1, 0.15) is 26.3 Å². The first kappa shape index (κ1) is 29.6. The number of amides is 1. The van der Waals surface area contributed by atoms with Crippen molar-refractivity contribution in [2.45, 2.75) is 31.1 Å². The number of aromatic nitrogens is 1. The van der Waals surface area contributed by atoms with Gasteiger partial charge in [0.2, 0.25) is 5.88 Å². The Labute approximate surface area is 245 Å². The second-order valence-electron chi connectivity index (χ2n) is 11.2. The number of rotatable bonds is 8. The lowest BCUT2D eigenvalue weighted by Gasteiger charge is -2.26. The highest BCUT2D eigenvalue weighted by Gasteiger charge is 2.22. The predicted molar refractivity (Wildman–Crippen MR) is 161 cm³/mol. The van der Waals surface area contributed by atoms with Gasteiger partial charge in [-0.15, -0.1) is 0 Å². The van der Waals surface area contributed by atoms with E-state index in [0.29, 0.717) is 42.8 Å². The van der Waals surface area contributed by atoms with Gasteiger partial charge in [-0.05, 0) is 47.4 Å². The Balaban J connectivity index is 1.41. The second kappa shape index (κ2) is 12.1. The molecule has 1 aliphatic heterocycles. The third-order valence-corrected chi connectivity index (χ3v) is 8.58. The number of nitrogens with one attached hydrogen (secondary N) is 3. The molecule has 222 valence electrons. The normalized spacial score (nSPS) is 14.6. The maximum atomic E-state index is 15.0. The molecule has 0 spiro atoms. The lowest BCUT2D eigenvalue weighted by Crippen LogP contribution is -2.41. The van der Waals surface area contributed by atoms with Crippen LogP contribution in [-0.2, 0) is 20.2 Å². The molecular weight excluding hydrogens is 559 g/mol. The number of aromatic amines is 1. The summed E-state index contributed by atoms with van der Waals surface area (Å²) < 4.78 is 55.0. The Kier molecular flexibility index (Phi) is 8.53. The molecule has 0 unspecified atom stereocenters. The van der Waals surface area contributed by atoms with Gasteiger partial charge in [-0.2, -0.15) is 0 Å². The zero-order valence-electron chi connectivity index (χ0n) is 23.9. The summed E-state index contributed by atoms with van der Waals surface area (Å²) in [4.78, 5) is 18.1. The molecule has 1 aromatic heterocycles. The van der Waals surface area contributed by atoms with Crippen molar-refractivity contribution in [1.29, 1.82) is 0 Å². The summed E-state index contributed by atoms with van der Waals surface area (Å²) in [7, 11) is -3.90. The highest BCUT2D eigenvalue weighted by atomic mass is 32.2.